The Kier molecular flexibility index (Phi) is 7.07. The molecule has 8 heteroatoms. The molecular formula is C25H28N2O5S. The molecule has 0 aliphatic rings. The van der Waals surface area contributed by atoms with Gasteiger partial charge in [0.05, 0.1) is 30.6 Å². The molecule has 174 valence electrons. The highest BCUT2D eigenvalue weighted by atomic mass is 32.1. The zero-order valence-electron chi connectivity index (χ0n) is 19.6. The van der Waals surface area contributed by atoms with E-state index in [2.05, 4.69) is 4.98 Å². The SMILES string of the molecule is COc1c(C)cnc(CN(C(=O)OC(C)(C)C)c2csc(-c3ccccc3C(=O)O)c2)c1C. The minimum Gasteiger partial charge on any atom is -0.496 e. The predicted octanol–water partition coefficient (Wildman–Crippen LogP) is 6.08. The number of ether oxygens (including phenoxy) is 2. The highest BCUT2D eigenvalue weighted by Crippen LogP contribution is 2.35. The average molecular weight is 469 g/mol. The minimum absolute atomic E-state index is 0.175. The maximum atomic E-state index is 13.2. The molecule has 7 nitrogen and oxygen atoms in total. The zero-order chi connectivity index (χ0) is 24.3. The lowest BCUT2D eigenvalue weighted by molar-refractivity contribution is 0.0576. The number of amides is 1. The number of aromatic nitrogens is 1. The third-order valence-corrected chi connectivity index (χ3v) is 5.94. The van der Waals surface area contributed by atoms with Crippen LogP contribution in [0.15, 0.2) is 41.9 Å². The standard InChI is InChI=1S/C25H28N2O5S/c1-15-12-26-20(16(2)22(15)31-6)13-27(24(30)32-25(3,4)5)17-11-21(33-14-17)18-9-7-8-10-19(18)23(28)29/h7-12,14H,13H2,1-6H3,(H,28,29). The second-order valence-corrected chi connectivity index (χ2v) is 9.54. The van der Waals surface area contributed by atoms with Crippen LogP contribution in [0.4, 0.5) is 10.5 Å². The molecule has 0 aliphatic carbocycles. The van der Waals surface area contributed by atoms with Crippen LogP contribution in [0.2, 0.25) is 0 Å². The fourth-order valence-electron chi connectivity index (χ4n) is 3.45. The summed E-state index contributed by atoms with van der Waals surface area (Å²) in [5.74, 6) is -0.276. The summed E-state index contributed by atoms with van der Waals surface area (Å²) in [5.41, 5.74) is 3.15. The van der Waals surface area contributed by atoms with Crippen LogP contribution in [-0.2, 0) is 11.3 Å². The molecule has 0 unspecified atom stereocenters. The Labute approximate surface area is 197 Å². The normalized spacial score (nSPS) is 11.2. The summed E-state index contributed by atoms with van der Waals surface area (Å²) in [6.07, 6.45) is 1.20. The van der Waals surface area contributed by atoms with Crippen LogP contribution in [0.1, 0.15) is 48.0 Å². The van der Waals surface area contributed by atoms with Crippen LogP contribution in [0.5, 0.6) is 5.75 Å². The van der Waals surface area contributed by atoms with Crippen molar-refractivity contribution in [2.24, 2.45) is 0 Å². The molecule has 0 atom stereocenters. The number of hydrogen-bond acceptors (Lipinski definition) is 6. The highest BCUT2D eigenvalue weighted by molar-refractivity contribution is 7.14. The molecule has 33 heavy (non-hydrogen) atoms. The largest absolute Gasteiger partial charge is 0.496 e. The van der Waals surface area contributed by atoms with Gasteiger partial charge in [0, 0.05) is 33.1 Å². The molecule has 0 radical (unpaired) electrons. The second kappa shape index (κ2) is 9.62. The lowest BCUT2D eigenvalue weighted by atomic mass is 10.1. The molecule has 0 aliphatic heterocycles. The first-order valence-electron chi connectivity index (χ1n) is 10.4. The van der Waals surface area contributed by atoms with Crippen LogP contribution < -0.4 is 9.64 Å². The molecule has 0 spiro atoms. The molecule has 2 heterocycles. The van der Waals surface area contributed by atoms with Crippen molar-refractivity contribution < 1.29 is 24.2 Å². The van der Waals surface area contributed by atoms with Gasteiger partial charge in [0.25, 0.3) is 0 Å². The summed E-state index contributed by atoms with van der Waals surface area (Å²) in [6.45, 7) is 9.42. The quantitative estimate of drug-likeness (QED) is 0.472. The van der Waals surface area contributed by atoms with E-state index in [1.165, 1.54) is 16.2 Å². The Morgan fingerprint density at radius 3 is 2.52 bits per heavy atom. The van der Waals surface area contributed by atoms with Gasteiger partial charge >= 0.3 is 12.1 Å². The number of nitrogens with zero attached hydrogens (tertiary/aromatic N) is 2. The molecule has 1 N–H and O–H groups in total. The van der Waals surface area contributed by atoms with Crippen molar-refractivity contribution in [1.29, 1.82) is 0 Å². The van der Waals surface area contributed by atoms with Crippen LogP contribution >= 0.6 is 11.3 Å². The van der Waals surface area contributed by atoms with Crippen LogP contribution in [-0.4, -0.2) is 34.9 Å². The molecule has 1 aromatic carbocycles. The molecule has 3 aromatic rings. The Hall–Kier alpha value is -3.39. The average Bonchev–Trinajstić information content (AvgIpc) is 3.22. The van der Waals surface area contributed by atoms with Gasteiger partial charge in [0.2, 0.25) is 0 Å². The number of carboxylic acids is 1. The van der Waals surface area contributed by atoms with Gasteiger partial charge in [-0.05, 0) is 46.8 Å². The maximum Gasteiger partial charge on any atom is 0.415 e. The smallest absolute Gasteiger partial charge is 0.415 e. The topological polar surface area (TPSA) is 89.0 Å². The first kappa shape index (κ1) is 24.3. The Morgan fingerprint density at radius 2 is 1.88 bits per heavy atom. The number of anilines is 1. The van der Waals surface area contributed by atoms with E-state index in [0.29, 0.717) is 16.9 Å². The van der Waals surface area contributed by atoms with Crippen molar-refractivity contribution in [3.8, 4) is 16.2 Å². The van der Waals surface area contributed by atoms with Crippen LogP contribution in [0.3, 0.4) is 0 Å². The monoisotopic (exact) mass is 468 g/mol. The summed E-state index contributed by atoms with van der Waals surface area (Å²) in [6, 6.07) is 8.60. The van der Waals surface area contributed by atoms with Gasteiger partial charge in [0.15, 0.2) is 0 Å². The number of benzene rings is 1. The number of hydrogen-bond donors (Lipinski definition) is 1. The molecular weight excluding hydrogens is 440 g/mol. The number of thiophene rings is 1. The van der Waals surface area contributed by atoms with Crippen molar-refractivity contribution in [3.63, 3.8) is 0 Å². The Morgan fingerprint density at radius 1 is 1.18 bits per heavy atom. The van der Waals surface area contributed by atoms with E-state index in [4.69, 9.17) is 9.47 Å². The van der Waals surface area contributed by atoms with Gasteiger partial charge in [0.1, 0.15) is 11.4 Å². The first-order chi connectivity index (χ1) is 15.5. The van der Waals surface area contributed by atoms with Crippen molar-refractivity contribution in [2.45, 2.75) is 46.8 Å². The zero-order valence-corrected chi connectivity index (χ0v) is 20.4. The van der Waals surface area contributed by atoms with E-state index < -0.39 is 17.7 Å². The number of rotatable bonds is 6. The van der Waals surface area contributed by atoms with Gasteiger partial charge in [-0.2, -0.15) is 0 Å². The summed E-state index contributed by atoms with van der Waals surface area (Å²) < 4.78 is 11.2. The third-order valence-electron chi connectivity index (χ3n) is 4.99. The Bertz CT molecular complexity index is 1180. The predicted molar refractivity (Wildman–Crippen MR) is 129 cm³/mol. The molecule has 1 amide bonds. The fourth-order valence-corrected chi connectivity index (χ4v) is 4.39. The van der Waals surface area contributed by atoms with Gasteiger partial charge < -0.3 is 14.6 Å². The van der Waals surface area contributed by atoms with Crippen molar-refractivity contribution in [3.05, 3.63) is 64.3 Å². The summed E-state index contributed by atoms with van der Waals surface area (Å²) in [5, 5.41) is 11.4. The van der Waals surface area contributed by atoms with Gasteiger partial charge in [-0.25, -0.2) is 9.59 Å². The second-order valence-electron chi connectivity index (χ2n) is 8.63. The highest BCUT2D eigenvalue weighted by Gasteiger charge is 2.26. The number of aromatic carboxylic acids is 1. The molecule has 0 fully saturated rings. The molecule has 0 saturated heterocycles. The third kappa shape index (κ3) is 5.51. The van der Waals surface area contributed by atoms with E-state index in [9.17, 15) is 14.7 Å². The first-order valence-corrected chi connectivity index (χ1v) is 11.3. The van der Waals surface area contributed by atoms with Crippen LogP contribution in [0.25, 0.3) is 10.4 Å². The van der Waals surface area contributed by atoms with Gasteiger partial charge in [-0.3, -0.25) is 9.88 Å². The van der Waals surface area contributed by atoms with Crippen molar-refractivity contribution in [2.75, 3.05) is 12.0 Å². The Balaban J connectivity index is 2.04. The van der Waals surface area contributed by atoms with E-state index in [1.807, 2.05) is 40.0 Å². The lowest BCUT2D eigenvalue weighted by Gasteiger charge is -2.27. The van der Waals surface area contributed by atoms with E-state index >= 15 is 0 Å². The number of methoxy groups -OCH3 is 1. The van der Waals surface area contributed by atoms with Crippen LogP contribution in [0, 0.1) is 13.8 Å². The number of aryl methyl sites for hydroxylation is 1. The van der Waals surface area contributed by atoms with Gasteiger partial charge in [-0.1, -0.05) is 18.2 Å². The minimum atomic E-state index is -1.00. The molecule has 2 aromatic heterocycles. The number of pyridine rings is 1. The fraction of sp³-hybridized carbons (Fsp3) is 0.320. The van der Waals surface area contributed by atoms with Crippen molar-refractivity contribution in [1.82, 2.24) is 4.98 Å². The van der Waals surface area contributed by atoms with Crippen molar-refractivity contribution >= 4 is 29.1 Å². The number of carbonyl (C=O) groups is 2. The molecule has 3 rings (SSSR count). The summed E-state index contributed by atoms with van der Waals surface area (Å²) in [7, 11) is 1.61. The molecule has 0 bridgehead atoms. The molecule has 0 saturated carbocycles. The van der Waals surface area contributed by atoms with E-state index in [1.54, 1.807) is 43.6 Å². The number of carbonyl (C=O) groups excluding carboxylic acids is 1. The lowest BCUT2D eigenvalue weighted by Crippen LogP contribution is -2.36. The maximum absolute atomic E-state index is 13.2. The number of carboxylic acid groups (broad SMARTS) is 1. The van der Waals surface area contributed by atoms with Gasteiger partial charge in [-0.15, -0.1) is 11.3 Å². The van der Waals surface area contributed by atoms with E-state index in [-0.39, 0.29) is 12.1 Å². The summed E-state index contributed by atoms with van der Waals surface area (Å²) >= 11 is 1.36. The van der Waals surface area contributed by atoms with E-state index in [0.717, 1.165) is 21.8 Å². The summed E-state index contributed by atoms with van der Waals surface area (Å²) in [4.78, 5) is 31.6.